The molecule has 3 nitrogen and oxygen atoms in total. The van der Waals surface area contributed by atoms with E-state index in [1.165, 1.54) is 0 Å². The molecule has 0 saturated heterocycles. The molecule has 72 valence electrons. The molecular weight excluding hydrogens is 222 g/mol. The minimum Gasteiger partial charge on any atom is -2.00 e. The Hall–Kier alpha value is 1.03. The van der Waals surface area contributed by atoms with Gasteiger partial charge in [0.1, 0.15) is 16.5 Å². The van der Waals surface area contributed by atoms with Gasteiger partial charge >= 0.3 is 21.7 Å². The molecule has 0 bridgehead atoms. The van der Waals surface area contributed by atoms with Gasteiger partial charge in [0.05, 0.1) is 0 Å². The van der Waals surface area contributed by atoms with Gasteiger partial charge in [-0.1, -0.05) is 39.3 Å². The molecule has 0 saturated carbocycles. The first kappa shape index (κ1) is 23.1. The molecule has 0 aliphatic carbocycles. The van der Waals surface area contributed by atoms with Gasteiger partial charge in [-0.2, -0.15) is 0 Å². The van der Waals surface area contributed by atoms with Gasteiger partial charge in [-0.05, 0) is 0 Å². The predicted molar refractivity (Wildman–Crippen MR) is 51.2 cm³/mol. The standard InChI is InChI=1S/C6H19NSi2.2O.Ti/c1-8(2,3)7-9(4,5)6;;;/h7H,1-6H3;;;/q;2*-2;+4. The maximum atomic E-state index is 3.74. The number of rotatable bonds is 2. The summed E-state index contributed by atoms with van der Waals surface area (Å²) in [5, 5.41) is 0. The second-order valence-electron chi connectivity index (χ2n) is 4.62. The van der Waals surface area contributed by atoms with E-state index in [1.807, 2.05) is 0 Å². The van der Waals surface area contributed by atoms with Gasteiger partial charge in [0.25, 0.3) is 0 Å². The molecule has 1 N–H and O–H groups in total. The molecule has 0 rings (SSSR count). The van der Waals surface area contributed by atoms with E-state index in [-0.39, 0.29) is 32.7 Å². The van der Waals surface area contributed by atoms with Crippen LogP contribution in [-0.4, -0.2) is 16.5 Å². The summed E-state index contributed by atoms with van der Waals surface area (Å²) >= 11 is 0. The molecular formula is C6H19NO2Si2Ti. The van der Waals surface area contributed by atoms with Crippen LogP contribution in [0.15, 0.2) is 0 Å². The first-order valence-electron chi connectivity index (χ1n) is 3.50. The molecule has 0 aliphatic heterocycles. The molecule has 0 aromatic carbocycles. The fraction of sp³-hybridized carbons (Fsp3) is 1.00. The van der Waals surface area contributed by atoms with Crippen LogP contribution in [0.1, 0.15) is 0 Å². The number of hydrogen-bond acceptors (Lipinski definition) is 1. The van der Waals surface area contributed by atoms with E-state index in [0.29, 0.717) is 0 Å². The van der Waals surface area contributed by atoms with E-state index in [1.54, 1.807) is 0 Å². The van der Waals surface area contributed by atoms with Crippen LogP contribution in [-0.2, 0) is 32.7 Å². The van der Waals surface area contributed by atoms with E-state index >= 15 is 0 Å². The molecule has 6 heteroatoms. The van der Waals surface area contributed by atoms with Gasteiger partial charge in [0.15, 0.2) is 0 Å². The van der Waals surface area contributed by atoms with Crippen LogP contribution in [0.5, 0.6) is 0 Å². The average Bonchev–Trinajstić information content (AvgIpc) is 1.14. The summed E-state index contributed by atoms with van der Waals surface area (Å²) in [6.45, 7) is 14.1. The Kier molecular flexibility index (Phi) is 14.3. The van der Waals surface area contributed by atoms with Crippen molar-refractivity contribution in [3.8, 4) is 0 Å². The molecule has 0 heterocycles. The topological polar surface area (TPSA) is 69.0 Å². The Morgan fingerprint density at radius 1 is 0.667 bits per heavy atom. The molecule has 0 spiro atoms. The van der Waals surface area contributed by atoms with Gasteiger partial charge in [0, 0.05) is 0 Å². The van der Waals surface area contributed by atoms with Crippen LogP contribution in [0.4, 0.5) is 0 Å². The molecule has 0 aliphatic rings. The Morgan fingerprint density at radius 2 is 0.833 bits per heavy atom. The quantitative estimate of drug-likeness (QED) is 0.738. The maximum absolute atomic E-state index is 3.74. The summed E-state index contributed by atoms with van der Waals surface area (Å²) < 4.78 is 3.74. The van der Waals surface area contributed by atoms with Crippen molar-refractivity contribution < 1.29 is 32.7 Å². The van der Waals surface area contributed by atoms with Crippen molar-refractivity contribution in [2.75, 3.05) is 0 Å². The average molecular weight is 241 g/mol. The van der Waals surface area contributed by atoms with Crippen molar-refractivity contribution >= 4 is 16.5 Å². The summed E-state index contributed by atoms with van der Waals surface area (Å²) in [5.74, 6) is 0. The van der Waals surface area contributed by atoms with Crippen molar-refractivity contribution in [2.45, 2.75) is 39.3 Å². The minimum absolute atomic E-state index is 0. The monoisotopic (exact) mass is 241 g/mol. The molecule has 0 fully saturated rings. The fourth-order valence-corrected chi connectivity index (χ4v) is 10.1. The Balaban J connectivity index is -0.000000107. The second kappa shape index (κ2) is 7.43. The van der Waals surface area contributed by atoms with Gasteiger partial charge in [-0.25, -0.2) is 0 Å². The molecule has 12 heavy (non-hydrogen) atoms. The van der Waals surface area contributed by atoms with Crippen LogP contribution < -0.4 is 4.65 Å². The maximum Gasteiger partial charge on any atom is 4.00 e. The molecule has 0 radical (unpaired) electrons. The van der Waals surface area contributed by atoms with E-state index in [2.05, 4.69) is 43.9 Å². The third kappa shape index (κ3) is 22.5. The summed E-state index contributed by atoms with van der Waals surface area (Å²) in [5.41, 5.74) is 0. The van der Waals surface area contributed by atoms with Crippen LogP contribution in [0.3, 0.4) is 0 Å². The molecule has 0 unspecified atom stereocenters. The van der Waals surface area contributed by atoms with Crippen molar-refractivity contribution in [1.82, 2.24) is 4.65 Å². The van der Waals surface area contributed by atoms with Crippen LogP contribution in [0, 0.1) is 0 Å². The smallest absolute Gasteiger partial charge is 2.00 e. The van der Waals surface area contributed by atoms with Gasteiger partial charge in [-0.3, -0.25) is 0 Å². The SMILES string of the molecule is C[Si](C)(C)N[Si](C)(C)C.[O-2].[O-2].[Ti+4]. The predicted octanol–water partition coefficient (Wildman–Crippen LogP) is 2.01. The molecule has 0 atom stereocenters. The summed E-state index contributed by atoms with van der Waals surface area (Å²) in [6.07, 6.45) is 0. The summed E-state index contributed by atoms with van der Waals surface area (Å²) in [6, 6.07) is 0. The third-order valence-electron chi connectivity index (χ3n) is 0.750. The third-order valence-corrected chi connectivity index (χ3v) is 6.75. The summed E-state index contributed by atoms with van der Waals surface area (Å²) in [7, 11) is -1.96. The van der Waals surface area contributed by atoms with E-state index in [9.17, 15) is 0 Å². The Morgan fingerprint density at radius 3 is 0.833 bits per heavy atom. The van der Waals surface area contributed by atoms with Crippen LogP contribution in [0.25, 0.3) is 0 Å². The van der Waals surface area contributed by atoms with E-state index in [4.69, 9.17) is 0 Å². The van der Waals surface area contributed by atoms with E-state index < -0.39 is 16.5 Å². The molecule has 0 aromatic heterocycles. The van der Waals surface area contributed by atoms with Crippen molar-refractivity contribution in [1.29, 1.82) is 0 Å². The molecule has 0 aromatic rings. The normalized spacial score (nSPS) is 10.5. The Labute approximate surface area is 93.0 Å². The zero-order chi connectivity index (χ0) is 7.71. The first-order chi connectivity index (χ1) is 3.71. The summed E-state index contributed by atoms with van der Waals surface area (Å²) in [4.78, 5) is 0. The Bertz CT molecular complexity index is 88.7. The zero-order valence-corrected chi connectivity index (χ0v) is 12.4. The number of hydrogen-bond donors (Lipinski definition) is 1. The molecule has 0 amide bonds. The van der Waals surface area contributed by atoms with Gasteiger partial charge < -0.3 is 15.6 Å². The fourth-order valence-electron chi connectivity index (χ4n) is 1.12. The van der Waals surface area contributed by atoms with Gasteiger partial charge in [0.2, 0.25) is 0 Å². The zero-order valence-electron chi connectivity index (χ0n) is 8.82. The largest absolute Gasteiger partial charge is 4.00 e. The minimum atomic E-state index is -0.981. The van der Waals surface area contributed by atoms with Crippen molar-refractivity contribution in [3.05, 3.63) is 0 Å². The second-order valence-corrected chi connectivity index (χ2v) is 14.6. The van der Waals surface area contributed by atoms with Gasteiger partial charge in [-0.15, -0.1) is 0 Å². The van der Waals surface area contributed by atoms with Crippen molar-refractivity contribution in [2.24, 2.45) is 0 Å². The van der Waals surface area contributed by atoms with Crippen LogP contribution in [0.2, 0.25) is 39.3 Å². The van der Waals surface area contributed by atoms with Crippen molar-refractivity contribution in [3.63, 3.8) is 0 Å². The van der Waals surface area contributed by atoms with Crippen LogP contribution >= 0.6 is 0 Å². The van der Waals surface area contributed by atoms with E-state index in [0.717, 1.165) is 0 Å². The number of nitrogens with one attached hydrogen (secondary N) is 1. The first-order valence-corrected chi connectivity index (χ1v) is 10.5.